The molecule has 0 aliphatic carbocycles. The van der Waals surface area contributed by atoms with E-state index in [4.69, 9.17) is 0 Å². The number of thiophene rings is 1. The summed E-state index contributed by atoms with van der Waals surface area (Å²) < 4.78 is 1.79. The third kappa shape index (κ3) is 3.18. The Balaban J connectivity index is 1.77. The molecule has 0 aliphatic heterocycles. The second-order valence-electron chi connectivity index (χ2n) is 4.00. The first-order valence-corrected chi connectivity index (χ1v) is 6.30. The van der Waals surface area contributed by atoms with E-state index in [1.54, 1.807) is 16.0 Å². The van der Waals surface area contributed by atoms with Crippen molar-refractivity contribution in [2.75, 3.05) is 0 Å². The third-order valence-corrected chi connectivity index (χ3v) is 3.44. The van der Waals surface area contributed by atoms with Crippen molar-refractivity contribution in [1.29, 1.82) is 0 Å². The van der Waals surface area contributed by atoms with Gasteiger partial charge < -0.3 is 5.11 Å². The molecule has 0 saturated heterocycles. The van der Waals surface area contributed by atoms with E-state index in [0.29, 0.717) is 0 Å². The molecule has 0 saturated carbocycles. The zero-order chi connectivity index (χ0) is 11.4. The molecule has 0 amide bonds. The van der Waals surface area contributed by atoms with Crippen LogP contribution in [-0.4, -0.2) is 21.0 Å². The maximum absolute atomic E-state index is 9.87. The summed E-state index contributed by atoms with van der Waals surface area (Å²) in [6.45, 7) is 0. The highest BCUT2D eigenvalue weighted by Crippen LogP contribution is 2.14. The third-order valence-electron chi connectivity index (χ3n) is 2.54. The maximum Gasteiger partial charge on any atom is 0.0591 e. The topological polar surface area (TPSA) is 38.0 Å². The minimum Gasteiger partial charge on any atom is -0.393 e. The molecule has 2 rings (SSSR count). The van der Waals surface area contributed by atoms with E-state index in [1.165, 1.54) is 10.4 Å². The number of aliphatic hydroxyl groups excluding tert-OH is 1. The van der Waals surface area contributed by atoms with Gasteiger partial charge in [-0.05, 0) is 29.9 Å². The van der Waals surface area contributed by atoms with Crippen LogP contribution in [0, 0.1) is 0 Å². The van der Waals surface area contributed by atoms with Crippen LogP contribution >= 0.6 is 11.3 Å². The van der Waals surface area contributed by atoms with E-state index < -0.39 is 0 Å². The molecule has 4 heteroatoms. The molecule has 3 nitrogen and oxygen atoms in total. The van der Waals surface area contributed by atoms with Crippen molar-refractivity contribution < 1.29 is 5.11 Å². The highest BCUT2D eigenvalue weighted by molar-refractivity contribution is 7.09. The van der Waals surface area contributed by atoms with E-state index in [0.717, 1.165) is 19.3 Å². The highest BCUT2D eigenvalue weighted by atomic mass is 32.1. The van der Waals surface area contributed by atoms with Crippen LogP contribution in [0.25, 0.3) is 0 Å². The molecule has 0 aromatic carbocycles. The van der Waals surface area contributed by atoms with Crippen molar-refractivity contribution >= 4 is 11.3 Å². The van der Waals surface area contributed by atoms with Crippen molar-refractivity contribution in [2.24, 2.45) is 7.05 Å². The van der Waals surface area contributed by atoms with Crippen molar-refractivity contribution in [3.63, 3.8) is 0 Å². The SMILES string of the molecule is Cn1cc(CCC(O)Cc2cccs2)cn1. The van der Waals surface area contributed by atoms with Gasteiger partial charge in [-0.2, -0.15) is 5.10 Å². The molecule has 16 heavy (non-hydrogen) atoms. The highest BCUT2D eigenvalue weighted by Gasteiger charge is 2.07. The lowest BCUT2D eigenvalue weighted by Crippen LogP contribution is -2.10. The van der Waals surface area contributed by atoms with Crippen molar-refractivity contribution in [2.45, 2.75) is 25.4 Å². The number of nitrogens with zero attached hydrogens (tertiary/aromatic N) is 2. The summed E-state index contributed by atoms with van der Waals surface area (Å²) in [4.78, 5) is 1.25. The van der Waals surface area contributed by atoms with Gasteiger partial charge in [0.2, 0.25) is 0 Å². The Kier molecular flexibility index (Phi) is 3.74. The Morgan fingerprint density at radius 2 is 2.44 bits per heavy atom. The molecule has 0 radical (unpaired) electrons. The van der Waals surface area contributed by atoms with Crippen LogP contribution in [0.5, 0.6) is 0 Å². The van der Waals surface area contributed by atoms with Gasteiger partial charge in [-0.1, -0.05) is 6.07 Å². The largest absolute Gasteiger partial charge is 0.393 e. The van der Waals surface area contributed by atoms with E-state index in [9.17, 15) is 5.11 Å². The lowest BCUT2D eigenvalue weighted by atomic mass is 10.1. The summed E-state index contributed by atoms with van der Waals surface area (Å²) in [6, 6.07) is 4.09. The first-order chi connectivity index (χ1) is 7.74. The van der Waals surface area contributed by atoms with Crippen LogP contribution in [0.1, 0.15) is 16.9 Å². The predicted octanol–water partition coefficient (Wildman–Crippen LogP) is 2.02. The summed E-state index contributed by atoms with van der Waals surface area (Å²) in [7, 11) is 1.91. The second kappa shape index (κ2) is 5.27. The molecule has 0 aliphatic rings. The minimum atomic E-state index is -0.251. The lowest BCUT2D eigenvalue weighted by Gasteiger charge is -2.07. The fourth-order valence-electron chi connectivity index (χ4n) is 1.70. The summed E-state index contributed by atoms with van der Waals surface area (Å²) in [6.07, 6.45) is 6.05. The van der Waals surface area contributed by atoms with E-state index in [-0.39, 0.29) is 6.10 Å². The summed E-state index contributed by atoms with van der Waals surface area (Å²) in [5.41, 5.74) is 1.19. The Bertz CT molecular complexity index is 422. The van der Waals surface area contributed by atoms with Gasteiger partial charge in [0.05, 0.1) is 12.3 Å². The van der Waals surface area contributed by atoms with Crippen LogP contribution in [0.2, 0.25) is 0 Å². The number of hydrogen-bond donors (Lipinski definition) is 1. The maximum atomic E-state index is 9.87. The smallest absolute Gasteiger partial charge is 0.0591 e. The lowest BCUT2D eigenvalue weighted by molar-refractivity contribution is 0.166. The zero-order valence-corrected chi connectivity index (χ0v) is 10.2. The second-order valence-corrected chi connectivity index (χ2v) is 5.03. The molecule has 2 aromatic heterocycles. The molecule has 1 atom stereocenters. The summed E-state index contributed by atoms with van der Waals surface area (Å²) in [5.74, 6) is 0. The fraction of sp³-hybridized carbons (Fsp3) is 0.417. The standard InChI is InChI=1S/C12H16N2OS/c1-14-9-10(8-13-14)4-5-11(15)7-12-3-2-6-16-12/h2-3,6,8-9,11,15H,4-5,7H2,1H3. The zero-order valence-electron chi connectivity index (χ0n) is 9.34. The predicted molar refractivity (Wildman–Crippen MR) is 65.6 cm³/mol. The van der Waals surface area contributed by atoms with E-state index in [1.807, 2.05) is 30.9 Å². The van der Waals surface area contributed by atoms with Crippen molar-refractivity contribution in [1.82, 2.24) is 9.78 Å². The van der Waals surface area contributed by atoms with E-state index >= 15 is 0 Å². The minimum absolute atomic E-state index is 0.251. The molecule has 0 spiro atoms. The molecule has 1 N–H and O–H groups in total. The van der Waals surface area contributed by atoms with Gasteiger partial charge in [-0.3, -0.25) is 4.68 Å². The average molecular weight is 236 g/mol. The Hall–Kier alpha value is -1.13. The molecular weight excluding hydrogens is 220 g/mol. The van der Waals surface area contributed by atoms with Gasteiger partial charge in [0, 0.05) is 24.5 Å². The Morgan fingerprint density at radius 3 is 3.06 bits per heavy atom. The van der Waals surface area contributed by atoms with Crippen LogP contribution in [0.4, 0.5) is 0 Å². The van der Waals surface area contributed by atoms with Gasteiger partial charge in [0.1, 0.15) is 0 Å². The van der Waals surface area contributed by atoms with Crippen LogP contribution < -0.4 is 0 Å². The molecule has 1 unspecified atom stereocenters. The van der Waals surface area contributed by atoms with E-state index in [2.05, 4.69) is 11.2 Å². The number of aryl methyl sites for hydroxylation is 2. The van der Waals surface area contributed by atoms with Gasteiger partial charge in [0.15, 0.2) is 0 Å². The van der Waals surface area contributed by atoms with Gasteiger partial charge in [-0.15, -0.1) is 11.3 Å². The monoisotopic (exact) mass is 236 g/mol. The molecule has 86 valence electrons. The number of hydrogen-bond acceptors (Lipinski definition) is 3. The molecule has 2 heterocycles. The van der Waals surface area contributed by atoms with Crippen LogP contribution in [0.3, 0.4) is 0 Å². The Morgan fingerprint density at radius 1 is 1.56 bits per heavy atom. The molecule has 0 fully saturated rings. The number of aliphatic hydroxyl groups is 1. The summed E-state index contributed by atoms with van der Waals surface area (Å²) in [5, 5.41) is 16.0. The van der Waals surface area contributed by atoms with Crippen LogP contribution in [0.15, 0.2) is 29.9 Å². The Labute approximate surface area is 99.4 Å². The normalized spacial score (nSPS) is 12.9. The average Bonchev–Trinajstić information content (AvgIpc) is 2.87. The molecule has 0 bridgehead atoms. The van der Waals surface area contributed by atoms with Gasteiger partial charge in [-0.25, -0.2) is 0 Å². The number of rotatable bonds is 5. The van der Waals surface area contributed by atoms with Gasteiger partial charge in [0.25, 0.3) is 0 Å². The molecular formula is C12H16N2OS. The summed E-state index contributed by atoms with van der Waals surface area (Å²) >= 11 is 1.70. The van der Waals surface area contributed by atoms with Gasteiger partial charge >= 0.3 is 0 Å². The van der Waals surface area contributed by atoms with Crippen LogP contribution in [-0.2, 0) is 19.9 Å². The first kappa shape index (κ1) is 11.4. The van der Waals surface area contributed by atoms with Crippen molar-refractivity contribution in [3.05, 3.63) is 40.3 Å². The number of aromatic nitrogens is 2. The quantitative estimate of drug-likeness (QED) is 0.862. The molecule has 2 aromatic rings. The van der Waals surface area contributed by atoms with Crippen molar-refractivity contribution in [3.8, 4) is 0 Å². The fourth-order valence-corrected chi connectivity index (χ4v) is 2.47. The first-order valence-electron chi connectivity index (χ1n) is 5.42.